The maximum Gasteiger partial charge on any atom is 0.296 e. The summed E-state index contributed by atoms with van der Waals surface area (Å²) in [4.78, 5) is 37.1. The van der Waals surface area contributed by atoms with Gasteiger partial charge >= 0.3 is 0 Å². The minimum absolute atomic E-state index is 0.0409. The average Bonchev–Trinajstić information content (AvgIpc) is 2.86. The first-order valence-corrected chi connectivity index (χ1v) is 8.21. The smallest absolute Gasteiger partial charge is 0.296 e. The highest BCUT2D eigenvalue weighted by Crippen LogP contribution is 2.30. The van der Waals surface area contributed by atoms with Crippen molar-refractivity contribution in [2.75, 3.05) is 12.4 Å². The fourth-order valence-corrected chi connectivity index (χ4v) is 2.80. The Balaban J connectivity index is 1.81. The van der Waals surface area contributed by atoms with Gasteiger partial charge in [0.1, 0.15) is 5.75 Å². The van der Waals surface area contributed by atoms with E-state index in [0.29, 0.717) is 17.0 Å². The first-order valence-electron chi connectivity index (χ1n) is 8.21. The minimum atomic E-state index is -0.739. The molecular weight excluding hydrogens is 348 g/mol. The van der Waals surface area contributed by atoms with E-state index >= 15 is 0 Å². The van der Waals surface area contributed by atoms with Gasteiger partial charge in [0.2, 0.25) is 5.91 Å². The largest absolute Gasteiger partial charge is 0.502 e. The molecule has 27 heavy (non-hydrogen) atoms. The molecule has 0 fully saturated rings. The average molecular weight is 366 g/mol. The molecular formula is C20H18N2O5. The van der Waals surface area contributed by atoms with Gasteiger partial charge < -0.3 is 15.2 Å². The third-order valence-corrected chi connectivity index (χ3v) is 4.14. The third-order valence-electron chi connectivity index (χ3n) is 4.14. The Kier molecular flexibility index (Phi) is 4.94. The third kappa shape index (κ3) is 3.67. The highest BCUT2D eigenvalue weighted by molar-refractivity contribution is 6.34. The molecule has 0 bridgehead atoms. The fourth-order valence-electron chi connectivity index (χ4n) is 2.80. The van der Waals surface area contributed by atoms with E-state index in [2.05, 4.69) is 5.32 Å². The topological polar surface area (TPSA) is 95.9 Å². The molecule has 3 rings (SSSR count). The van der Waals surface area contributed by atoms with Crippen LogP contribution in [-0.2, 0) is 20.9 Å². The number of nitrogens with one attached hydrogen (secondary N) is 1. The molecule has 1 aliphatic rings. The van der Waals surface area contributed by atoms with E-state index in [1.165, 1.54) is 6.92 Å². The van der Waals surface area contributed by atoms with Gasteiger partial charge in [0, 0.05) is 12.6 Å². The zero-order chi connectivity index (χ0) is 19.6. The molecule has 0 spiro atoms. The first-order chi connectivity index (χ1) is 12.9. The lowest BCUT2D eigenvalue weighted by atomic mass is 10.1. The molecule has 2 aromatic rings. The van der Waals surface area contributed by atoms with E-state index in [1.807, 2.05) is 0 Å². The first kappa shape index (κ1) is 18.2. The van der Waals surface area contributed by atoms with Crippen LogP contribution < -0.4 is 10.1 Å². The molecule has 0 atom stereocenters. The molecule has 2 N–H and O–H groups in total. The van der Waals surface area contributed by atoms with Crippen LogP contribution in [-0.4, -0.2) is 34.8 Å². The van der Waals surface area contributed by atoms with Crippen molar-refractivity contribution in [3.8, 4) is 5.75 Å². The van der Waals surface area contributed by atoms with Crippen molar-refractivity contribution in [2.45, 2.75) is 13.5 Å². The van der Waals surface area contributed by atoms with Crippen LogP contribution in [0.15, 0.2) is 54.3 Å². The van der Waals surface area contributed by atoms with Crippen LogP contribution in [0.1, 0.15) is 18.1 Å². The second kappa shape index (κ2) is 7.33. The quantitative estimate of drug-likeness (QED) is 0.793. The highest BCUT2D eigenvalue weighted by Gasteiger charge is 2.39. The van der Waals surface area contributed by atoms with Crippen molar-refractivity contribution < 1.29 is 24.2 Å². The summed E-state index contributed by atoms with van der Waals surface area (Å²) < 4.78 is 5.09. The molecule has 2 aromatic carbocycles. The molecule has 1 aliphatic heterocycles. The number of aliphatic hydroxyl groups excluding tert-OH is 1. The Hall–Kier alpha value is -3.61. The Labute approximate surface area is 155 Å². The lowest BCUT2D eigenvalue weighted by Gasteiger charge is -2.15. The van der Waals surface area contributed by atoms with Crippen molar-refractivity contribution in [3.63, 3.8) is 0 Å². The van der Waals surface area contributed by atoms with Gasteiger partial charge in [0.15, 0.2) is 5.76 Å². The minimum Gasteiger partial charge on any atom is -0.502 e. The second-order valence-corrected chi connectivity index (χ2v) is 6.03. The number of carbonyl (C=O) groups excluding carboxylic acids is 3. The summed E-state index contributed by atoms with van der Waals surface area (Å²) in [5, 5.41) is 12.8. The molecule has 0 saturated heterocycles. The molecule has 0 aliphatic carbocycles. The van der Waals surface area contributed by atoms with Crippen LogP contribution in [0.4, 0.5) is 5.69 Å². The van der Waals surface area contributed by atoms with Crippen molar-refractivity contribution in [1.82, 2.24) is 4.90 Å². The molecule has 3 amide bonds. The zero-order valence-electron chi connectivity index (χ0n) is 14.9. The van der Waals surface area contributed by atoms with Gasteiger partial charge in [-0.25, -0.2) is 0 Å². The van der Waals surface area contributed by atoms with Gasteiger partial charge in [0.25, 0.3) is 11.8 Å². The van der Waals surface area contributed by atoms with E-state index in [1.54, 1.807) is 55.6 Å². The number of carbonyl (C=O) groups is 3. The predicted molar refractivity (Wildman–Crippen MR) is 98.8 cm³/mol. The summed E-state index contributed by atoms with van der Waals surface area (Å²) in [6.07, 6.45) is 0. The number of rotatable bonds is 5. The molecule has 0 radical (unpaired) electrons. The van der Waals surface area contributed by atoms with E-state index in [0.717, 1.165) is 10.5 Å². The van der Waals surface area contributed by atoms with Gasteiger partial charge in [-0.2, -0.15) is 0 Å². The number of hydrogen-bond donors (Lipinski definition) is 2. The van der Waals surface area contributed by atoms with E-state index in [-0.39, 0.29) is 18.0 Å². The standard InChI is InChI=1S/C20H18N2O5/c1-12(23)21-15-7-5-14(6-8-15)17-18(24)20(26)22(19(17)25)11-13-3-9-16(27-2)10-4-13/h3-10,24H,11H2,1-2H3,(H,21,23). The van der Waals surface area contributed by atoms with E-state index in [9.17, 15) is 19.5 Å². The number of hydrogen-bond acceptors (Lipinski definition) is 5. The number of imide groups is 1. The molecule has 0 aromatic heterocycles. The number of methoxy groups -OCH3 is 1. The Morgan fingerprint density at radius 2 is 1.67 bits per heavy atom. The molecule has 1 heterocycles. The Bertz CT molecular complexity index is 930. The number of anilines is 1. The summed E-state index contributed by atoms with van der Waals surface area (Å²) in [7, 11) is 1.55. The Morgan fingerprint density at radius 3 is 2.22 bits per heavy atom. The van der Waals surface area contributed by atoms with Crippen LogP contribution in [0, 0.1) is 0 Å². The summed E-state index contributed by atoms with van der Waals surface area (Å²) in [6.45, 7) is 1.43. The lowest BCUT2D eigenvalue weighted by Crippen LogP contribution is -2.31. The highest BCUT2D eigenvalue weighted by atomic mass is 16.5. The molecule has 7 nitrogen and oxygen atoms in total. The van der Waals surface area contributed by atoms with Crippen LogP contribution in [0.3, 0.4) is 0 Å². The fraction of sp³-hybridized carbons (Fsp3) is 0.150. The monoisotopic (exact) mass is 366 g/mol. The number of amides is 3. The maximum atomic E-state index is 12.7. The van der Waals surface area contributed by atoms with Crippen molar-refractivity contribution in [1.29, 1.82) is 0 Å². The van der Waals surface area contributed by atoms with Crippen LogP contribution in [0.2, 0.25) is 0 Å². The summed E-state index contributed by atoms with van der Waals surface area (Å²) in [5.74, 6) is -1.44. The van der Waals surface area contributed by atoms with Crippen LogP contribution in [0.5, 0.6) is 5.75 Å². The van der Waals surface area contributed by atoms with Gasteiger partial charge in [0.05, 0.1) is 19.2 Å². The molecule has 0 saturated carbocycles. The summed E-state index contributed by atoms with van der Waals surface area (Å²) >= 11 is 0. The van der Waals surface area contributed by atoms with E-state index < -0.39 is 17.6 Å². The molecule has 0 unspecified atom stereocenters. The van der Waals surface area contributed by atoms with Crippen LogP contribution in [0.25, 0.3) is 5.57 Å². The summed E-state index contributed by atoms with van der Waals surface area (Å²) in [6, 6.07) is 13.3. The number of aliphatic hydroxyl groups is 1. The lowest BCUT2D eigenvalue weighted by molar-refractivity contribution is -0.138. The van der Waals surface area contributed by atoms with Crippen molar-refractivity contribution >= 4 is 29.0 Å². The van der Waals surface area contributed by atoms with Gasteiger partial charge in [-0.1, -0.05) is 24.3 Å². The predicted octanol–water partition coefficient (Wildman–Crippen LogP) is 2.49. The molecule has 7 heteroatoms. The van der Waals surface area contributed by atoms with E-state index in [4.69, 9.17) is 4.74 Å². The second-order valence-electron chi connectivity index (χ2n) is 6.03. The number of ether oxygens (including phenoxy) is 1. The number of benzene rings is 2. The van der Waals surface area contributed by atoms with Gasteiger partial charge in [-0.3, -0.25) is 19.3 Å². The normalized spacial score (nSPS) is 13.9. The van der Waals surface area contributed by atoms with Gasteiger partial charge in [-0.15, -0.1) is 0 Å². The SMILES string of the molecule is COc1ccc(CN2C(=O)C(O)=C(c3ccc(NC(C)=O)cc3)C2=O)cc1. The summed E-state index contributed by atoms with van der Waals surface area (Å²) in [5.41, 5.74) is 1.63. The zero-order valence-corrected chi connectivity index (χ0v) is 14.9. The van der Waals surface area contributed by atoms with Gasteiger partial charge in [-0.05, 0) is 35.4 Å². The van der Waals surface area contributed by atoms with Crippen LogP contribution >= 0.6 is 0 Å². The number of nitrogens with zero attached hydrogens (tertiary/aromatic N) is 1. The molecule has 138 valence electrons. The maximum absolute atomic E-state index is 12.7. The van der Waals surface area contributed by atoms with Crippen molar-refractivity contribution in [3.05, 3.63) is 65.4 Å². The van der Waals surface area contributed by atoms with Crippen molar-refractivity contribution in [2.24, 2.45) is 0 Å². The Morgan fingerprint density at radius 1 is 1.04 bits per heavy atom.